The lowest BCUT2D eigenvalue weighted by Crippen LogP contribution is -2.15. The first-order chi connectivity index (χ1) is 6.79. The van der Waals surface area contributed by atoms with Gasteiger partial charge in [-0.3, -0.25) is 4.98 Å². The molecule has 3 heteroatoms. The van der Waals surface area contributed by atoms with Crippen molar-refractivity contribution in [3.8, 4) is 0 Å². The molecular formula is C11H14N2O. The largest absolute Gasteiger partial charge is 0.496 e. The van der Waals surface area contributed by atoms with Gasteiger partial charge >= 0.3 is 0 Å². The maximum atomic E-state index is 6.07. The van der Waals surface area contributed by atoms with E-state index in [0.717, 1.165) is 30.0 Å². The fourth-order valence-electron chi connectivity index (χ4n) is 1.63. The predicted molar refractivity (Wildman–Crippen MR) is 54.6 cm³/mol. The Morgan fingerprint density at radius 1 is 1.57 bits per heavy atom. The second kappa shape index (κ2) is 3.80. The molecule has 1 aliphatic heterocycles. The summed E-state index contributed by atoms with van der Waals surface area (Å²) < 4.78 is 5.43. The van der Waals surface area contributed by atoms with Gasteiger partial charge in [0.15, 0.2) is 0 Å². The molecule has 0 spiro atoms. The summed E-state index contributed by atoms with van der Waals surface area (Å²) in [5, 5.41) is 0. The highest BCUT2D eigenvalue weighted by Gasteiger charge is 2.18. The topological polar surface area (TPSA) is 48.1 Å². The molecule has 0 aromatic carbocycles. The van der Waals surface area contributed by atoms with Crippen LogP contribution in [0.4, 0.5) is 0 Å². The van der Waals surface area contributed by atoms with Crippen LogP contribution in [0.25, 0.3) is 0 Å². The van der Waals surface area contributed by atoms with Gasteiger partial charge in [-0.25, -0.2) is 0 Å². The summed E-state index contributed by atoms with van der Waals surface area (Å²) in [5.74, 6) is 0.876. The molecule has 0 fully saturated rings. The van der Waals surface area contributed by atoms with Gasteiger partial charge in [0, 0.05) is 18.3 Å². The molecule has 14 heavy (non-hydrogen) atoms. The number of aromatic nitrogens is 1. The lowest BCUT2D eigenvalue weighted by atomic mass is 10.0. The molecule has 1 aliphatic rings. The van der Waals surface area contributed by atoms with Crippen LogP contribution < -0.4 is 5.73 Å². The van der Waals surface area contributed by atoms with Crippen LogP contribution in [0.3, 0.4) is 0 Å². The summed E-state index contributed by atoms with van der Waals surface area (Å²) >= 11 is 0. The van der Waals surface area contributed by atoms with E-state index >= 15 is 0 Å². The highest BCUT2D eigenvalue weighted by molar-refractivity contribution is 5.28. The van der Waals surface area contributed by atoms with Crippen LogP contribution in [0.5, 0.6) is 0 Å². The van der Waals surface area contributed by atoms with Crippen LogP contribution in [0.1, 0.15) is 23.7 Å². The molecule has 0 saturated carbocycles. The van der Waals surface area contributed by atoms with Gasteiger partial charge in [-0.2, -0.15) is 0 Å². The van der Waals surface area contributed by atoms with Gasteiger partial charge in [0.1, 0.15) is 5.76 Å². The number of hydrogen-bond donors (Lipinski definition) is 1. The van der Waals surface area contributed by atoms with Crippen LogP contribution in [0, 0.1) is 6.92 Å². The summed E-state index contributed by atoms with van der Waals surface area (Å²) in [5.41, 5.74) is 8.08. The molecule has 2 heterocycles. The maximum absolute atomic E-state index is 6.07. The summed E-state index contributed by atoms with van der Waals surface area (Å²) in [6.45, 7) is 2.72. The van der Waals surface area contributed by atoms with Crippen LogP contribution in [-0.4, -0.2) is 11.6 Å². The van der Waals surface area contributed by atoms with E-state index < -0.39 is 0 Å². The van der Waals surface area contributed by atoms with Gasteiger partial charge in [0.05, 0.1) is 12.6 Å². The highest BCUT2D eigenvalue weighted by Crippen LogP contribution is 2.25. The molecule has 2 N–H and O–H groups in total. The Balaban J connectivity index is 2.26. The van der Waals surface area contributed by atoms with E-state index in [1.165, 1.54) is 0 Å². The molecule has 0 aliphatic carbocycles. The van der Waals surface area contributed by atoms with Gasteiger partial charge in [-0.1, -0.05) is 6.07 Å². The molecule has 2 rings (SSSR count). The van der Waals surface area contributed by atoms with Crippen molar-refractivity contribution < 1.29 is 4.74 Å². The van der Waals surface area contributed by atoms with Crippen LogP contribution in [0.2, 0.25) is 0 Å². The van der Waals surface area contributed by atoms with E-state index in [-0.39, 0.29) is 6.04 Å². The summed E-state index contributed by atoms with van der Waals surface area (Å²) in [7, 11) is 0. The fraction of sp³-hybridized carbons (Fsp3) is 0.364. The summed E-state index contributed by atoms with van der Waals surface area (Å²) in [4.78, 5) is 4.21. The fourth-order valence-corrected chi connectivity index (χ4v) is 1.63. The number of aryl methyl sites for hydroxylation is 1. The highest BCUT2D eigenvalue weighted by atomic mass is 16.5. The Labute approximate surface area is 83.6 Å². The Morgan fingerprint density at radius 3 is 3.07 bits per heavy atom. The number of rotatable bonds is 2. The van der Waals surface area contributed by atoms with Crippen molar-refractivity contribution in [2.45, 2.75) is 19.4 Å². The third kappa shape index (κ3) is 1.63. The first-order valence-electron chi connectivity index (χ1n) is 4.79. The number of nitrogens with two attached hydrogens (primary N) is 1. The van der Waals surface area contributed by atoms with Crippen molar-refractivity contribution in [1.29, 1.82) is 0 Å². The van der Waals surface area contributed by atoms with Crippen molar-refractivity contribution in [2.75, 3.05) is 6.61 Å². The van der Waals surface area contributed by atoms with Gasteiger partial charge in [0.25, 0.3) is 0 Å². The number of nitrogens with zero attached hydrogens (tertiary/aromatic N) is 1. The molecule has 3 nitrogen and oxygen atoms in total. The molecular weight excluding hydrogens is 176 g/mol. The summed E-state index contributed by atoms with van der Waals surface area (Å²) in [6.07, 6.45) is 4.79. The second-order valence-corrected chi connectivity index (χ2v) is 3.40. The standard InChI is InChI=1S/C11H14N2O/c1-8-9(4-2-6-13-8)11(12)10-5-3-7-14-10/h2,4-6,11H,3,7,12H2,1H3. The Morgan fingerprint density at radius 2 is 2.43 bits per heavy atom. The van der Waals surface area contributed by atoms with Gasteiger partial charge < -0.3 is 10.5 Å². The molecule has 0 radical (unpaired) electrons. The van der Waals surface area contributed by atoms with Gasteiger partial charge in [0.2, 0.25) is 0 Å². The lowest BCUT2D eigenvalue weighted by molar-refractivity contribution is 0.225. The van der Waals surface area contributed by atoms with E-state index in [1.807, 2.05) is 19.1 Å². The Hall–Kier alpha value is -1.35. The van der Waals surface area contributed by atoms with Crippen molar-refractivity contribution in [3.05, 3.63) is 41.4 Å². The third-order valence-corrected chi connectivity index (χ3v) is 2.42. The monoisotopic (exact) mass is 190 g/mol. The lowest BCUT2D eigenvalue weighted by Gasteiger charge is -2.14. The molecule has 0 bridgehead atoms. The zero-order valence-electron chi connectivity index (χ0n) is 8.23. The normalized spacial score (nSPS) is 17.4. The van der Waals surface area contributed by atoms with E-state index in [1.54, 1.807) is 6.20 Å². The molecule has 1 aromatic heterocycles. The maximum Gasteiger partial charge on any atom is 0.113 e. The quantitative estimate of drug-likeness (QED) is 0.772. The van der Waals surface area contributed by atoms with E-state index in [4.69, 9.17) is 10.5 Å². The zero-order chi connectivity index (χ0) is 9.97. The van der Waals surface area contributed by atoms with Crippen molar-refractivity contribution in [2.24, 2.45) is 5.73 Å². The molecule has 74 valence electrons. The minimum Gasteiger partial charge on any atom is -0.496 e. The Bertz CT molecular complexity index is 360. The third-order valence-electron chi connectivity index (χ3n) is 2.42. The first-order valence-corrected chi connectivity index (χ1v) is 4.79. The minimum absolute atomic E-state index is 0.161. The van der Waals surface area contributed by atoms with Crippen LogP contribution >= 0.6 is 0 Å². The molecule has 1 atom stereocenters. The second-order valence-electron chi connectivity index (χ2n) is 3.40. The van der Waals surface area contributed by atoms with Gasteiger partial charge in [-0.05, 0) is 24.6 Å². The predicted octanol–water partition coefficient (Wildman–Crippen LogP) is 1.69. The Kier molecular flexibility index (Phi) is 2.50. The number of ether oxygens (including phenoxy) is 1. The van der Waals surface area contributed by atoms with Crippen molar-refractivity contribution >= 4 is 0 Å². The molecule has 0 amide bonds. The first kappa shape index (κ1) is 9.21. The zero-order valence-corrected chi connectivity index (χ0v) is 8.23. The smallest absolute Gasteiger partial charge is 0.113 e. The molecule has 1 unspecified atom stereocenters. The molecule has 1 aromatic rings. The average Bonchev–Trinajstić information content (AvgIpc) is 2.70. The SMILES string of the molecule is Cc1ncccc1C(N)C1=CCCO1. The minimum atomic E-state index is -0.161. The van der Waals surface area contributed by atoms with Gasteiger partial charge in [-0.15, -0.1) is 0 Å². The van der Waals surface area contributed by atoms with Crippen LogP contribution in [-0.2, 0) is 4.74 Å². The number of hydrogen-bond acceptors (Lipinski definition) is 3. The van der Waals surface area contributed by atoms with Crippen LogP contribution in [0.15, 0.2) is 30.2 Å². The van der Waals surface area contributed by atoms with Crippen molar-refractivity contribution in [1.82, 2.24) is 4.98 Å². The number of pyridine rings is 1. The summed E-state index contributed by atoms with van der Waals surface area (Å²) in [6, 6.07) is 3.74. The van der Waals surface area contributed by atoms with E-state index in [0.29, 0.717) is 0 Å². The molecule has 0 saturated heterocycles. The average molecular weight is 190 g/mol. The van der Waals surface area contributed by atoms with Crippen molar-refractivity contribution in [3.63, 3.8) is 0 Å². The van der Waals surface area contributed by atoms with E-state index in [2.05, 4.69) is 11.1 Å². The van der Waals surface area contributed by atoms with E-state index in [9.17, 15) is 0 Å².